The Balaban J connectivity index is 1.74. The van der Waals surface area contributed by atoms with Gasteiger partial charge in [0.05, 0.1) is 5.92 Å². The predicted molar refractivity (Wildman–Crippen MR) is 72.5 cm³/mol. The van der Waals surface area contributed by atoms with E-state index in [1.165, 1.54) is 0 Å². The van der Waals surface area contributed by atoms with E-state index in [1.54, 1.807) is 12.1 Å². The quantitative estimate of drug-likeness (QED) is 0.667. The van der Waals surface area contributed by atoms with Crippen molar-refractivity contribution in [2.24, 2.45) is 5.92 Å². The lowest BCUT2D eigenvalue weighted by Gasteiger charge is -2.16. The van der Waals surface area contributed by atoms with Gasteiger partial charge in [-0.05, 0) is 31.4 Å². The first-order valence-electron chi connectivity index (χ1n) is 6.42. The van der Waals surface area contributed by atoms with Gasteiger partial charge in [-0.2, -0.15) is 0 Å². The number of hydrogen-bond acceptors (Lipinski definition) is 3. The monoisotopic (exact) mass is 259 g/mol. The van der Waals surface area contributed by atoms with E-state index in [-0.39, 0.29) is 24.4 Å². The summed E-state index contributed by atoms with van der Waals surface area (Å²) in [6, 6.07) is 9.09. The molecule has 0 bridgehead atoms. The third-order valence-electron chi connectivity index (χ3n) is 3.01. The predicted octanol–water partition coefficient (Wildman–Crippen LogP) is 2.52. The Labute approximate surface area is 112 Å². The van der Waals surface area contributed by atoms with Crippen LogP contribution in [0, 0.1) is 5.92 Å². The highest BCUT2D eigenvalue weighted by Crippen LogP contribution is 2.19. The summed E-state index contributed by atoms with van der Waals surface area (Å²) >= 11 is 0. The molecule has 0 radical (unpaired) electrons. The number of allylic oxidation sites excluding steroid dienone is 2. The summed E-state index contributed by atoms with van der Waals surface area (Å²) in [5.41, 5.74) is 0.698. The Bertz CT molecular complexity index is 468. The van der Waals surface area contributed by atoms with Gasteiger partial charge in [0.2, 0.25) is 0 Å². The molecule has 0 unspecified atom stereocenters. The molecule has 1 aromatic rings. The average Bonchev–Trinajstić information content (AvgIpc) is 2.47. The van der Waals surface area contributed by atoms with Gasteiger partial charge in [0.15, 0.2) is 6.61 Å². The lowest BCUT2D eigenvalue weighted by Crippen LogP contribution is -2.25. The fourth-order valence-electron chi connectivity index (χ4n) is 1.98. The molecule has 0 heterocycles. The highest BCUT2D eigenvalue weighted by molar-refractivity contribution is 5.92. The van der Waals surface area contributed by atoms with Crippen LogP contribution in [0.3, 0.4) is 0 Å². The molecule has 0 aromatic heterocycles. The van der Waals surface area contributed by atoms with Gasteiger partial charge < -0.3 is 10.1 Å². The maximum atomic E-state index is 11.7. The van der Waals surface area contributed by atoms with Crippen LogP contribution in [-0.4, -0.2) is 18.5 Å². The highest BCUT2D eigenvalue weighted by atomic mass is 16.5. The second kappa shape index (κ2) is 6.73. The van der Waals surface area contributed by atoms with Gasteiger partial charge in [-0.15, -0.1) is 0 Å². The van der Waals surface area contributed by atoms with Crippen LogP contribution < -0.4 is 5.32 Å². The molecular weight excluding hydrogens is 242 g/mol. The largest absolute Gasteiger partial charge is 0.455 e. The molecule has 4 heteroatoms. The number of para-hydroxylation sites is 1. The SMILES string of the molecule is O=C(COC(=O)[C@H]1CC=CCC1)Nc1ccccc1. The van der Waals surface area contributed by atoms with Crippen molar-refractivity contribution in [2.45, 2.75) is 19.3 Å². The maximum absolute atomic E-state index is 11.7. The summed E-state index contributed by atoms with van der Waals surface area (Å²) in [4.78, 5) is 23.3. The van der Waals surface area contributed by atoms with Crippen LogP contribution in [0.2, 0.25) is 0 Å². The second-order valence-corrected chi connectivity index (χ2v) is 4.50. The van der Waals surface area contributed by atoms with Gasteiger partial charge in [-0.3, -0.25) is 9.59 Å². The fraction of sp³-hybridized carbons (Fsp3) is 0.333. The van der Waals surface area contributed by atoms with E-state index in [1.807, 2.05) is 24.3 Å². The molecule has 100 valence electrons. The molecule has 0 fully saturated rings. The molecule has 4 nitrogen and oxygen atoms in total. The summed E-state index contributed by atoms with van der Waals surface area (Å²) < 4.78 is 5.03. The number of rotatable bonds is 4. The van der Waals surface area contributed by atoms with Crippen molar-refractivity contribution in [1.29, 1.82) is 0 Å². The molecule has 19 heavy (non-hydrogen) atoms. The molecule has 2 rings (SSSR count). The highest BCUT2D eigenvalue weighted by Gasteiger charge is 2.20. The van der Waals surface area contributed by atoms with Gasteiger partial charge in [-0.25, -0.2) is 0 Å². The number of anilines is 1. The van der Waals surface area contributed by atoms with Crippen molar-refractivity contribution < 1.29 is 14.3 Å². The first kappa shape index (κ1) is 13.3. The maximum Gasteiger partial charge on any atom is 0.309 e. The number of carbonyl (C=O) groups is 2. The smallest absolute Gasteiger partial charge is 0.309 e. The van der Waals surface area contributed by atoms with E-state index >= 15 is 0 Å². The van der Waals surface area contributed by atoms with Gasteiger partial charge in [-0.1, -0.05) is 30.4 Å². The van der Waals surface area contributed by atoms with E-state index < -0.39 is 0 Å². The molecular formula is C15H17NO3. The van der Waals surface area contributed by atoms with Gasteiger partial charge in [0.25, 0.3) is 5.91 Å². The number of nitrogens with one attached hydrogen (secondary N) is 1. The minimum absolute atomic E-state index is 0.102. The van der Waals surface area contributed by atoms with Crippen molar-refractivity contribution >= 4 is 17.6 Å². The standard InChI is InChI=1S/C15H17NO3/c17-14(16-13-9-5-2-6-10-13)11-19-15(18)12-7-3-1-4-8-12/h1-3,5-6,9-10,12H,4,7-8,11H2,(H,16,17)/t12-/m0/s1. The third kappa shape index (κ3) is 4.25. The molecule has 0 aliphatic heterocycles. The number of carbonyl (C=O) groups excluding carboxylic acids is 2. The number of amides is 1. The normalized spacial score (nSPS) is 17.8. The van der Waals surface area contributed by atoms with Gasteiger partial charge in [0.1, 0.15) is 0 Å². The van der Waals surface area contributed by atoms with E-state index in [0.29, 0.717) is 12.1 Å². The summed E-state index contributed by atoms with van der Waals surface area (Å²) in [5, 5.41) is 2.67. The number of benzene rings is 1. The van der Waals surface area contributed by atoms with Crippen molar-refractivity contribution in [1.82, 2.24) is 0 Å². The minimum atomic E-state index is -0.314. The molecule has 1 N–H and O–H groups in total. The van der Waals surface area contributed by atoms with E-state index in [4.69, 9.17) is 4.74 Å². The zero-order chi connectivity index (χ0) is 13.5. The molecule has 1 aliphatic carbocycles. The average molecular weight is 259 g/mol. The summed E-state index contributed by atoms with van der Waals surface area (Å²) in [6.45, 7) is -0.228. The van der Waals surface area contributed by atoms with E-state index in [0.717, 1.165) is 12.8 Å². The van der Waals surface area contributed by atoms with Crippen molar-refractivity contribution in [3.63, 3.8) is 0 Å². The lowest BCUT2D eigenvalue weighted by atomic mass is 9.95. The van der Waals surface area contributed by atoms with Gasteiger partial charge >= 0.3 is 5.97 Å². The van der Waals surface area contributed by atoms with Gasteiger partial charge in [0, 0.05) is 5.69 Å². The Kier molecular flexibility index (Phi) is 4.72. The van der Waals surface area contributed by atoms with Crippen molar-refractivity contribution in [2.75, 3.05) is 11.9 Å². The Morgan fingerprint density at radius 3 is 2.68 bits per heavy atom. The number of hydrogen-bond donors (Lipinski definition) is 1. The van der Waals surface area contributed by atoms with E-state index in [9.17, 15) is 9.59 Å². The van der Waals surface area contributed by atoms with Crippen LogP contribution in [0.1, 0.15) is 19.3 Å². The first-order valence-corrected chi connectivity index (χ1v) is 6.42. The molecule has 0 spiro atoms. The number of ether oxygens (including phenoxy) is 1. The molecule has 0 saturated carbocycles. The fourth-order valence-corrected chi connectivity index (χ4v) is 1.98. The Morgan fingerprint density at radius 1 is 1.21 bits per heavy atom. The van der Waals surface area contributed by atoms with E-state index in [2.05, 4.69) is 11.4 Å². The van der Waals surface area contributed by atoms with Crippen molar-refractivity contribution in [3.8, 4) is 0 Å². The minimum Gasteiger partial charge on any atom is -0.455 e. The molecule has 1 aliphatic rings. The Morgan fingerprint density at radius 2 is 2.00 bits per heavy atom. The van der Waals surface area contributed by atoms with Crippen LogP contribution in [-0.2, 0) is 14.3 Å². The summed E-state index contributed by atoms with van der Waals surface area (Å²) in [6.07, 6.45) is 6.45. The van der Waals surface area contributed by atoms with Crippen LogP contribution in [0.15, 0.2) is 42.5 Å². The molecule has 1 amide bonds. The zero-order valence-electron chi connectivity index (χ0n) is 10.7. The van der Waals surface area contributed by atoms with Crippen LogP contribution in [0.4, 0.5) is 5.69 Å². The van der Waals surface area contributed by atoms with Crippen molar-refractivity contribution in [3.05, 3.63) is 42.5 Å². The zero-order valence-corrected chi connectivity index (χ0v) is 10.7. The topological polar surface area (TPSA) is 55.4 Å². The first-order chi connectivity index (χ1) is 9.25. The third-order valence-corrected chi connectivity index (χ3v) is 3.01. The lowest BCUT2D eigenvalue weighted by molar-refractivity contribution is -0.151. The molecule has 1 atom stereocenters. The molecule has 0 saturated heterocycles. The summed E-state index contributed by atoms with van der Waals surface area (Å²) in [5.74, 6) is -0.701. The van der Waals surface area contributed by atoms with Crippen LogP contribution >= 0.6 is 0 Å². The van der Waals surface area contributed by atoms with Crippen LogP contribution in [0.5, 0.6) is 0 Å². The molecule has 1 aromatic carbocycles. The van der Waals surface area contributed by atoms with Crippen LogP contribution in [0.25, 0.3) is 0 Å². The number of esters is 1. The summed E-state index contributed by atoms with van der Waals surface area (Å²) in [7, 11) is 0. The Hall–Kier alpha value is -2.10. The second-order valence-electron chi connectivity index (χ2n) is 4.50.